The third-order valence-corrected chi connectivity index (χ3v) is 6.62. The molecule has 11 heteroatoms. The minimum absolute atomic E-state index is 0.0283. The lowest BCUT2D eigenvalue weighted by molar-refractivity contribution is -0.125. The Kier molecular flexibility index (Phi) is 7.83. The number of carbonyl (C=O) groups is 2. The second kappa shape index (κ2) is 10.4. The van der Waals surface area contributed by atoms with Crippen molar-refractivity contribution in [3.8, 4) is 18.2 Å². The third-order valence-electron chi connectivity index (χ3n) is 5.53. The topological polar surface area (TPSA) is 132 Å². The molecule has 0 fully saturated rings. The van der Waals surface area contributed by atoms with E-state index in [4.69, 9.17) is 16.9 Å². The number of thioether (sulfide) groups is 1. The Morgan fingerprint density at radius 1 is 1.27 bits per heavy atom. The number of ether oxygens (including phenoxy) is 1. The van der Waals surface area contributed by atoms with Gasteiger partial charge >= 0.3 is 0 Å². The van der Waals surface area contributed by atoms with Gasteiger partial charge < -0.3 is 21.1 Å². The van der Waals surface area contributed by atoms with Gasteiger partial charge in [0, 0.05) is 23.2 Å². The van der Waals surface area contributed by atoms with Gasteiger partial charge in [-0.15, -0.1) is 6.42 Å². The molecule has 0 aliphatic carbocycles. The van der Waals surface area contributed by atoms with Crippen molar-refractivity contribution in [1.82, 2.24) is 15.3 Å². The van der Waals surface area contributed by atoms with Crippen molar-refractivity contribution < 1.29 is 18.7 Å². The Morgan fingerprint density at radius 3 is 2.57 bits per heavy atom. The normalized spacial score (nSPS) is 22.3. The van der Waals surface area contributed by atoms with E-state index >= 15 is 4.39 Å². The predicted molar refractivity (Wildman–Crippen MR) is 143 cm³/mol. The first-order chi connectivity index (χ1) is 17.1. The van der Waals surface area contributed by atoms with Gasteiger partial charge in [0.15, 0.2) is 11.3 Å². The van der Waals surface area contributed by atoms with Crippen LogP contribution in [0.25, 0.3) is 0 Å². The van der Waals surface area contributed by atoms with Crippen LogP contribution in [0.1, 0.15) is 64.0 Å². The van der Waals surface area contributed by atoms with Crippen LogP contribution in [0.15, 0.2) is 35.6 Å². The highest BCUT2D eigenvalue weighted by molar-refractivity contribution is 8.15. The molecule has 37 heavy (non-hydrogen) atoms. The Balaban J connectivity index is 1.85. The summed E-state index contributed by atoms with van der Waals surface area (Å²) in [6.07, 6.45) is 7.51. The quantitative estimate of drug-likeness (QED) is 0.490. The fourth-order valence-corrected chi connectivity index (χ4v) is 5.11. The van der Waals surface area contributed by atoms with Crippen molar-refractivity contribution in [1.29, 1.82) is 0 Å². The summed E-state index contributed by atoms with van der Waals surface area (Å²) in [5.74, 6) is 1.28. The largest absolute Gasteiger partial charge is 0.460 e. The smallest absolute Gasteiger partial charge is 0.275 e. The lowest BCUT2D eigenvalue weighted by Crippen LogP contribution is -2.54. The minimum atomic E-state index is -1.16. The molecule has 2 aromatic rings. The molecule has 1 aliphatic heterocycles. The average Bonchev–Trinajstić information content (AvgIpc) is 2.78. The zero-order valence-electron chi connectivity index (χ0n) is 21.7. The molecule has 2 amide bonds. The highest BCUT2D eigenvalue weighted by Gasteiger charge is 2.48. The van der Waals surface area contributed by atoms with E-state index in [2.05, 4.69) is 31.5 Å². The molecule has 196 valence electrons. The molecule has 0 bridgehead atoms. The molecular formula is C26H31FN6O3S. The Bertz CT molecular complexity index is 1270. The number of aliphatic imine (C=N–C) groups is 1. The first-order valence-electron chi connectivity index (χ1n) is 11.6. The van der Waals surface area contributed by atoms with Crippen LogP contribution in [0.2, 0.25) is 0 Å². The molecule has 2 heterocycles. The second-order valence-electron chi connectivity index (χ2n) is 10.3. The van der Waals surface area contributed by atoms with Crippen molar-refractivity contribution in [2.45, 2.75) is 69.9 Å². The molecule has 0 unspecified atom stereocenters. The number of aromatic nitrogens is 2. The van der Waals surface area contributed by atoms with Crippen LogP contribution in [-0.4, -0.2) is 43.3 Å². The van der Waals surface area contributed by atoms with E-state index in [1.54, 1.807) is 20.8 Å². The van der Waals surface area contributed by atoms with Gasteiger partial charge in [0.2, 0.25) is 11.8 Å². The molecule has 9 nitrogen and oxygen atoms in total. The molecule has 0 saturated carbocycles. The number of nitrogens with two attached hydrogens (primary N) is 1. The zero-order chi connectivity index (χ0) is 27.6. The third kappa shape index (κ3) is 6.77. The number of nitrogens with one attached hydrogen (secondary N) is 2. The fourth-order valence-electron chi connectivity index (χ4n) is 3.90. The van der Waals surface area contributed by atoms with Crippen LogP contribution >= 0.6 is 11.8 Å². The van der Waals surface area contributed by atoms with Gasteiger partial charge in [-0.05, 0) is 59.7 Å². The molecule has 1 aromatic heterocycles. The summed E-state index contributed by atoms with van der Waals surface area (Å²) in [6.45, 7) is 10.8. The van der Waals surface area contributed by atoms with Gasteiger partial charge in [-0.1, -0.05) is 17.7 Å². The molecule has 0 radical (unpaired) electrons. The number of anilines is 1. The van der Waals surface area contributed by atoms with Crippen LogP contribution in [-0.2, 0) is 10.3 Å². The predicted octanol–water partition coefficient (Wildman–Crippen LogP) is 3.61. The van der Waals surface area contributed by atoms with Crippen molar-refractivity contribution >= 4 is 34.4 Å². The minimum Gasteiger partial charge on any atom is -0.460 e. The molecule has 4 N–H and O–H groups in total. The summed E-state index contributed by atoms with van der Waals surface area (Å²) in [7, 11) is 0. The number of benzene rings is 1. The van der Waals surface area contributed by atoms with Crippen molar-refractivity contribution in [3.05, 3.63) is 47.7 Å². The summed E-state index contributed by atoms with van der Waals surface area (Å²) in [5, 5.41) is 5.84. The first-order valence-corrected chi connectivity index (χ1v) is 12.4. The van der Waals surface area contributed by atoms with Gasteiger partial charge in [0.05, 0.1) is 17.9 Å². The number of amidine groups is 1. The Morgan fingerprint density at radius 2 is 1.97 bits per heavy atom. The summed E-state index contributed by atoms with van der Waals surface area (Å²) in [5.41, 5.74) is 5.06. The standard InChI is InChI=1S/C26H31FN6O3S/c1-8-15(2)36-20-13-29-19(12-30-20)21(34)31-16-9-10-18(27)17(11-16)25(6)14-26(7,37-23(28)33-25)22(35)32-24(3,4)5/h1,9-13,15H,14H2,2-7H3,(H2,28,33)(H,31,34)(H,32,35)/t15-,25-,26+/m0/s1. The molecule has 0 spiro atoms. The van der Waals surface area contributed by atoms with Crippen molar-refractivity contribution in [3.63, 3.8) is 0 Å². The summed E-state index contributed by atoms with van der Waals surface area (Å²) < 4.78 is 19.5. The van der Waals surface area contributed by atoms with Gasteiger partial charge in [-0.25, -0.2) is 14.4 Å². The summed E-state index contributed by atoms with van der Waals surface area (Å²) in [4.78, 5) is 38.5. The highest BCUT2D eigenvalue weighted by atomic mass is 32.2. The number of nitrogens with zero attached hydrogens (tertiary/aromatic N) is 3. The van der Waals surface area contributed by atoms with Crippen molar-refractivity contribution in [2.24, 2.45) is 10.7 Å². The fraction of sp³-hybridized carbons (Fsp3) is 0.423. The van der Waals surface area contributed by atoms with Gasteiger partial charge in [0.1, 0.15) is 16.3 Å². The van der Waals surface area contributed by atoms with E-state index in [1.165, 1.54) is 30.6 Å². The zero-order valence-corrected chi connectivity index (χ0v) is 22.5. The Hall–Kier alpha value is -3.65. The van der Waals surface area contributed by atoms with E-state index in [1.807, 2.05) is 20.8 Å². The molecule has 3 rings (SSSR count). The van der Waals surface area contributed by atoms with Crippen LogP contribution in [0.5, 0.6) is 5.88 Å². The summed E-state index contributed by atoms with van der Waals surface area (Å²) in [6, 6.07) is 4.15. The van der Waals surface area contributed by atoms with Crippen LogP contribution < -0.4 is 21.1 Å². The number of hydrogen-bond acceptors (Lipinski definition) is 8. The van der Waals surface area contributed by atoms with Crippen LogP contribution in [0, 0.1) is 18.2 Å². The van der Waals surface area contributed by atoms with E-state index in [-0.39, 0.29) is 34.6 Å². The number of amides is 2. The van der Waals surface area contributed by atoms with Gasteiger partial charge in [-0.2, -0.15) is 0 Å². The molecule has 3 atom stereocenters. The van der Waals surface area contributed by atoms with E-state index in [0.29, 0.717) is 5.69 Å². The van der Waals surface area contributed by atoms with E-state index in [9.17, 15) is 9.59 Å². The number of halogens is 1. The Labute approximate surface area is 220 Å². The lowest BCUT2D eigenvalue weighted by atomic mass is 9.82. The second-order valence-corrected chi connectivity index (χ2v) is 11.8. The monoisotopic (exact) mass is 526 g/mol. The number of rotatable bonds is 6. The number of carbonyl (C=O) groups excluding carboxylic acids is 2. The maximum atomic E-state index is 15.1. The molecule has 0 saturated heterocycles. The van der Waals surface area contributed by atoms with E-state index < -0.39 is 33.7 Å². The van der Waals surface area contributed by atoms with Crippen molar-refractivity contribution in [2.75, 3.05) is 5.32 Å². The molecule has 1 aliphatic rings. The summed E-state index contributed by atoms with van der Waals surface area (Å²) >= 11 is 1.15. The maximum Gasteiger partial charge on any atom is 0.275 e. The highest BCUT2D eigenvalue weighted by Crippen LogP contribution is 2.46. The van der Waals surface area contributed by atoms with E-state index in [0.717, 1.165) is 11.8 Å². The first kappa shape index (κ1) is 27.9. The lowest BCUT2D eigenvalue weighted by Gasteiger charge is -2.41. The molecular weight excluding hydrogens is 495 g/mol. The van der Waals surface area contributed by atoms with Gasteiger partial charge in [0.25, 0.3) is 5.91 Å². The van der Waals surface area contributed by atoms with Gasteiger partial charge in [-0.3, -0.25) is 14.6 Å². The number of hydrogen-bond donors (Lipinski definition) is 3. The number of terminal acetylenes is 1. The van der Waals surface area contributed by atoms with Crippen LogP contribution in [0.3, 0.4) is 0 Å². The SMILES string of the molecule is C#C[C@H](C)Oc1cnc(C(=O)Nc2ccc(F)c([C@]3(C)C[C@](C)(C(=O)NC(C)(C)C)SC(N)=N3)c2)cn1. The average molecular weight is 527 g/mol. The van der Waals surface area contributed by atoms with Crippen LogP contribution in [0.4, 0.5) is 10.1 Å². The molecule has 1 aromatic carbocycles. The maximum absolute atomic E-state index is 15.1.